The number of thiophene rings is 1. The van der Waals surface area contributed by atoms with Crippen LogP contribution in [0.3, 0.4) is 0 Å². The fourth-order valence-corrected chi connectivity index (χ4v) is 9.60. The van der Waals surface area contributed by atoms with Gasteiger partial charge in [-0.2, -0.15) is 5.26 Å². The minimum Gasteiger partial charge on any atom is -0.309 e. The Morgan fingerprint density at radius 2 is 0.943 bits per heavy atom. The first-order chi connectivity index (χ1) is 26.2. The highest BCUT2D eigenvalue weighted by molar-refractivity contribution is 7.26. The van der Waals surface area contributed by atoms with E-state index in [1.165, 1.54) is 75.0 Å². The molecule has 4 heteroatoms. The van der Waals surface area contributed by atoms with Gasteiger partial charge >= 0.3 is 0 Å². The number of nitrogens with zero attached hydrogens (tertiary/aromatic N) is 3. The highest BCUT2D eigenvalue weighted by atomic mass is 32.1. The summed E-state index contributed by atoms with van der Waals surface area (Å²) in [5, 5.41) is 17.1. The number of benzene rings is 8. The summed E-state index contributed by atoms with van der Waals surface area (Å²) in [6.45, 7) is 0. The summed E-state index contributed by atoms with van der Waals surface area (Å²) in [6.07, 6.45) is 0. The van der Waals surface area contributed by atoms with Gasteiger partial charge in [-0.3, -0.25) is 0 Å². The van der Waals surface area contributed by atoms with Crippen molar-refractivity contribution in [3.8, 4) is 39.7 Å². The summed E-state index contributed by atoms with van der Waals surface area (Å²) in [5.41, 5.74) is 12.2. The number of para-hydroxylation sites is 2. The van der Waals surface area contributed by atoms with Crippen LogP contribution in [0.15, 0.2) is 176 Å². The van der Waals surface area contributed by atoms with Crippen LogP contribution in [0.4, 0.5) is 0 Å². The summed E-state index contributed by atoms with van der Waals surface area (Å²) < 4.78 is 7.32. The molecule has 0 amide bonds. The van der Waals surface area contributed by atoms with Gasteiger partial charge in [-0.25, -0.2) is 0 Å². The molecule has 3 nitrogen and oxygen atoms in total. The Morgan fingerprint density at radius 1 is 0.396 bits per heavy atom. The largest absolute Gasteiger partial charge is 0.309 e. The van der Waals surface area contributed by atoms with Crippen molar-refractivity contribution in [2.75, 3.05) is 0 Å². The number of hydrogen-bond donors (Lipinski definition) is 0. The van der Waals surface area contributed by atoms with E-state index in [1.54, 1.807) is 0 Å². The van der Waals surface area contributed by atoms with Crippen LogP contribution in [0.25, 0.3) is 97.4 Å². The molecule has 0 aliphatic carbocycles. The van der Waals surface area contributed by atoms with Gasteiger partial charge in [0, 0.05) is 53.1 Å². The van der Waals surface area contributed by atoms with E-state index < -0.39 is 0 Å². The second-order valence-corrected chi connectivity index (χ2v) is 14.7. The topological polar surface area (TPSA) is 33.6 Å². The van der Waals surface area contributed by atoms with Crippen LogP contribution in [0.2, 0.25) is 0 Å². The fourth-order valence-electron chi connectivity index (χ4n) is 8.36. The van der Waals surface area contributed by atoms with Crippen molar-refractivity contribution in [2.45, 2.75) is 0 Å². The molecule has 246 valence electrons. The Kier molecular flexibility index (Phi) is 6.48. The zero-order valence-corrected chi connectivity index (χ0v) is 29.3. The molecule has 0 saturated carbocycles. The molecule has 8 aromatic carbocycles. The molecule has 0 N–H and O–H groups in total. The first-order valence-electron chi connectivity index (χ1n) is 17.8. The van der Waals surface area contributed by atoms with Crippen LogP contribution in [0.1, 0.15) is 5.56 Å². The molecule has 0 bridgehead atoms. The van der Waals surface area contributed by atoms with Crippen molar-refractivity contribution >= 4 is 75.1 Å². The molecule has 0 atom stereocenters. The van der Waals surface area contributed by atoms with E-state index in [2.05, 4.69) is 173 Å². The first-order valence-corrected chi connectivity index (χ1v) is 18.6. The number of nitriles is 1. The smallest absolute Gasteiger partial charge is 0.0992 e. The van der Waals surface area contributed by atoms with Crippen molar-refractivity contribution in [3.05, 3.63) is 181 Å². The number of rotatable bonds is 4. The van der Waals surface area contributed by atoms with Crippen molar-refractivity contribution in [2.24, 2.45) is 0 Å². The second kappa shape index (κ2) is 11.5. The van der Waals surface area contributed by atoms with Crippen molar-refractivity contribution in [1.82, 2.24) is 9.13 Å². The Labute approximate surface area is 309 Å². The van der Waals surface area contributed by atoms with Crippen LogP contribution in [0, 0.1) is 11.3 Å². The van der Waals surface area contributed by atoms with Gasteiger partial charge in [0.2, 0.25) is 0 Å². The van der Waals surface area contributed by atoms with E-state index in [-0.39, 0.29) is 0 Å². The lowest BCUT2D eigenvalue weighted by Gasteiger charge is -2.11. The van der Waals surface area contributed by atoms with Crippen LogP contribution in [0.5, 0.6) is 0 Å². The molecule has 0 saturated heterocycles. The Balaban J connectivity index is 1.06. The lowest BCUT2D eigenvalue weighted by Crippen LogP contribution is -1.94. The third-order valence-electron chi connectivity index (χ3n) is 10.7. The maximum absolute atomic E-state index is 9.61. The van der Waals surface area contributed by atoms with Crippen LogP contribution in [-0.2, 0) is 0 Å². The maximum Gasteiger partial charge on any atom is 0.0992 e. The SMILES string of the molecule is N#Cc1cccc(-n2c3ccccc3c3cc(-c4ccc5c(c4)c4ccccc4n5-c4cccc(-c5cccc6c5sc5ccccc56)c4)ccc32)c1. The molecule has 0 fully saturated rings. The van der Waals surface area contributed by atoms with Crippen molar-refractivity contribution < 1.29 is 0 Å². The quantitative estimate of drug-likeness (QED) is 0.181. The molecule has 0 unspecified atom stereocenters. The van der Waals surface area contributed by atoms with E-state index in [0.29, 0.717) is 5.56 Å². The highest BCUT2D eigenvalue weighted by Gasteiger charge is 2.17. The summed E-state index contributed by atoms with van der Waals surface area (Å²) in [4.78, 5) is 0. The maximum atomic E-state index is 9.61. The molecular formula is C49H29N3S. The Morgan fingerprint density at radius 3 is 1.62 bits per heavy atom. The van der Waals surface area contributed by atoms with E-state index >= 15 is 0 Å². The lowest BCUT2D eigenvalue weighted by molar-refractivity contribution is 1.18. The normalized spacial score (nSPS) is 11.8. The van der Waals surface area contributed by atoms with Gasteiger partial charge in [0.25, 0.3) is 0 Å². The summed E-state index contributed by atoms with van der Waals surface area (Å²) in [6, 6.07) is 65.5. The molecule has 53 heavy (non-hydrogen) atoms. The number of aromatic nitrogens is 2. The minimum absolute atomic E-state index is 0.651. The van der Waals surface area contributed by atoms with Crippen LogP contribution < -0.4 is 0 Å². The third kappa shape index (κ3) is 4.52. The molecule has 3 heterocycles. The predicted octanol–water partition coefficient (Wildman–Crippen LogP) is 13.5. The molecule has 11 aromatic rings. The summed E-state index contributed by atoms with van der Waals surface area (Å²) >= 11 is 1.87. The van der Waals surface area contributed by atoms with Gasteiger partial charge in [0.1, 0.15) is 0 Å². The van der Waals surface area contributed by atoms with E-state index in [1.807, 2.05) is 29.5 Å². The van der Waals surface area contributed by atoms with Crippen LogP contribution in [-0.4, -0.2) is 9.13 Å². The van der Waals surface area contributed by atoms with E-state index in [0.717, 1.165) is 22.4 Å². The second-order valence-electron chi connectivity index (χ2n) is 13.7. The zero-order chi connectivity index (χ0) is 35.0. The summed E-state index contributed by atoms with van der Waals surface area (Å²) in [5.74, 6) is 0. The van der Waals surface area contributed by atoms with Gasteiger partial charge < -0.3 is 9.13 Å². The number of fused-ring (bicyclic) bond motifs is 9. The van der Waals surface area contributed by atoms with Gasteiger partial charge in [-0.05, 0) is 95.1 Å². The molecule has 0 aliphatic rings. The monoisotopic (exact) mass is 691 g/mol. The first kappa shape index (κ1) is 29.8. The third-order valence-corrected chi connectivity index (χ3v) is 12.0. The highest BCUT2D eigenvalue weighted by Crippen LogP contribution is 2.42. The average Bonchev–Trinajstić information content (AvgIpc) is 3.88. The van der Waals surface area contributed by atoms with Gasteiger partial charge in [0.15, 0.2) is 0 Å². The molecule has 0 aliphatic heterocycles. The van der Waals surface area contributed by atoms with Gasteiger partial charge in [-0.1, -0.05) is 103 Å². The minimum atomic E-state index is 0.651. The summed E-state index contributed by atoms with van der Waals surface area (Å²) in [7, 11) is 0. The molecule has 11 rings (SSSR count). The van der Waals surface area contributed by atoms with Gasteiger partial charge in [0.05, 0.1) is 33.7 Å². The van der Waals surface area contributed by atoms with E-state index in [4.69, 9.17) is 0 Å². The van der Waals surface area contributed by atoms with Gasteiger partial charge in [-0.15, -0.1) is 11.3 Å². The predicted molar refractivity (Wildman–Crippen MR) is 224 cm³/mol. The molecular weight excluding hydrogens is 663 g/mol. The standard InChI is InChI=1S/C49H29N3S/c50-30-31-10-7-12-35(26-31)51-44-19-4-1-14-38(44)42-28-32(22-24-46(42)51)33-23-25-47-43(29-33)39-15-2-5-20-45(39)52(47)36-13-8-11-34(27-36)37-17-9-18-41-40-16-3-6-21-48(40)53-49(37)41/h1-29H. The average molecular weight is 692 g/mol. The van der Waals surface area contributed by atoms with Crippen LogP contribution >= 0.6 is 11.3 Å². The molecule has 3 aromatic heterocycles. The Hall–Kier alpha value is -6.93. The lowest BCUT2D eigenvalue weighted by atomic mass is 10.0. The van der Waals surface area contributed by atoms with Crippen molar-refractivity contribution in [1.29, 1.82) is 5.26 Å². The fraction of sp³-hybridized carbons (Fsp3) is 0. The molecule has 0 radical (unpaired) electrons. The molecule has 0 spiro atoms. The Bertz CT molecular complexity index is 3310. The van der Waals surface area contributed by atoms with Crippen molar-refractivity contribution in [3.63, 3.8) is 0 Å². The zero-order valence-electron chi connectivity index (χ0n) is 28.5. The number of hydrogen-bond acceptors (Lipinski definition) is 2. The van der Waals surface area contributed by atoms with E-state index in [9.17, 15) is 5.26 Å².